The zero-order chi connectivity index (χ0) is 12.1. The summed E-state index contributed by atoms with van der Waals surface area (Å²) >= 11 is 0. The second-order valence-electron chi connectivity index (χ2n) is 4.52. The van der Waals surface area contributed by atoms with Gasteiger partial charge in [-0.2, -0.15) is 0 Å². The number of carbonyl (C=O) groups excluding carboxylic acids is 2. The summed E-state index contributed by atoms with van der Waals surface area (Å²) < 4.78 is 5.22. The summed E-state index contributed by atoms with van der Waals surface area (Å²) in [6.07, 6.45) is 6.01. The van der Waals surface area contributed by atoms with Crippen LogP contribution in [0.5, 0.6) is 5.75 Å². The number of rotatable bonds is 4. The molecular weight excluding hydrogens is 216 g/mol. The molecule has 0 aliphatic heterocycles. The third-order valence-electron chi connectivity index (χ3n) is 3.18. The molecule has 1 aliphatic carbocycles. The van der Waals surface area contributed by atoms with E-state index in [0.29, 0.717) is 23.7 Å². The quantitative estimate of drug-likeness (QED) is 0.455. The van der Waals surface area contributed by atoms with Crippen LogP contribution in [0.3, 0.4) is 0 Å². The van der Waals surface area contributed by atoms with Gasteiger partial charge in [-0.3, -0.25) is 9.59 Å². The van der Waals surface area contributed by atoms with Crippen molar-refractivity contribution in [2.75, 3.05) is 0 Å². The Morgan fingerprint density at radius 1 is 1.24 bits per heavy atom. The third kappa shape index (κ3) is 3.41. The molecule has 1 aliphatic rings. The first kappa shape index (κ1) is 11.8. The van der Waals surface area contributed by atoms with E-state index < -0.39 is 0 Å². The zero-order valence-electron chi connectivity index (χ0n) is 9.72. The van der Waals surface area contributed by atoms with Gasteiger partial charge in [0.25, 0.3) is 0 Å². The van der Waals surface area contributed by atoms with Crippen LogP contribution in [0.25, 0.3) is 0 Å². The third-order valence-corrected chi connectivity index (χ3v) is 3.18. The monoisotopic (exact) mass is 232 g/mol. The van der Waals surface area contributed by atoms with Gasteiger partial charge >= 0.3 is 5.97 Å². The number of benzene rings is 1. The number of ether oxygens (including phenoxy) is 1. The van der Waals surface area contributed by atoms with E-state index in [-0.39, 0.29) is 5.97 Å². The van der Waals surface area contributed by atoms with Crippen molar-refractivity contribution in [3.05, 3.63) is 29.8 Å². The summed E-state index contributed by atoms with van der Waals surface area (Å²) in [5.74, 6) is 0.839. The fraction of sp³-hybridized carbons (Fsp3) is 0.429. The van der Waals surface area contributed by atoms with Crippen LogP contribution < -0.4 is 4.74 Å². The van der Waals surface area contributed by atoms with Crippen molar-refractivity contribution in [2.24, 2.45) is 5.92 Å². The molecule has 1 saturated carbocycles. The normalized spacial score (nSPS) is 15.8. The molecule has 0 unspecified atom stereocenters. The molecule has 0 heterocycles. The van der Waals surface area contributed by atoms with E-state index in [9.17, 15) is 9.59 Å². The largest absolute Gasteiger partial charge is 0.427 e. The Kier molecular flexibility index (Phi) is 3.91. The lowest BCUT2D eigenvalue weighted by atomic mass is 10.0. The average Bonchev–Trinajstić information content (AvgIpc) is 2.82. The smallest absolute Gasteiger partial charge is 0.311 e. The van der Waals surface area contributed by atoms with Crippen LogP contribution in [0, 0.1) is 5.92 Å². The van der Waals surface area contributed by atoms with E-state index >= 15 is 0 Å². The zero-order valence-corrected chi connectivity index (χ0v) is 9.72. The topological polar surface area (TPSA) is 43.4 Å². The lowest BCUT2D eigenvalue weighted by molar-refractivity contribution is -0.135. The minimum Gasteiger partial charge on any atom is -0.427 e. The van der Waals surface area contributed by atoms with Gasteiger partial charge in [-0.05, 0) is 43.0 Å². The van der Waals surface area contributed by atoms with Crippen LogP contribution in [0.15, 0.2) is 24.3 Å². The molecule has 3 heteroatoms. The van der Waals surface area contributed by atoms with Crippen LogP contribution in [0.2, 0.25) is 0 Å². The molecule has 0 spiro atoms. The Bertz CT molecular complexity index is 388. The van der Waals surface area contributed by atoms with Gasteiger partial charge in [-0.15, -0.1) is 0 Å². The number of hydrogen-bond acceptors (Lipinski definition) is 3. The lowest BCUT2D eigenvalue weighted by Crippen LogP contribution is -2.12. The summed E-state index contributed by atoms with van der Waals surface area (Å²) in [5.41, 5.74) is 0.584. The van der Waals surface area contributed by atoms with E-state index in [1.165, 1.54) is 12.8 Å². The van der Waals surface area contributed by atoms with Gasteiger partial charge in [0.05, 0.1) is 0 Å². The minimum absolute atomic E-state index is 0.171. The molecule has 0 atom stereocenters. The van der Waals surface area contributed by atoms with Crippen molar-refractivity contribution in [1.29, 1.82) is 0 Å². The summed E-state index contributed by atoms with van der Waals surface area (Å²) in [5, 5.41) is 0. The van der Waals surface area contributed by atoms with Gasteiger partial charge in [-0.1, -0.05) is 12.8 Å². The fourth-order valence-electron chi connectivity index (χ4n) is 2.24. The number of aldehydes is 1. The molecule has 0 radical (unpaired) electrons. The van der Waals surface area contributed by atoms with Crippen LogP contribution >= 0.6 is 0 Å². The molecule has 0 N–H and O–H groups in total. The fourth-order valence-corrected chi connectivity index (χ4v) is 2.24. The van der Waals surface area contributed by atoms with Gasteiger partial charge in [0.2, 0.25) is 0 Å². The highest BCUT2D eigenvalue weighted by Gasteiger charge is 2.19. The number of hydrogen-bond donors (Lipinski definition) is 0. The molecule has 3 nitrogen and oxygen atoms in total. The summed E-state index contributed by atoms with van der Waals surface area (Å²) in [4.78, 5) is 22.1. The standard InChI is InChI=1S/C14H16O3/c15-10-12-5-7-13(8-6-12)17-14(16)9-11-3-1-2-4-11/h5-8,10-11H,1-4,9H2. The second kappa shape index (κ2) is 5.62. The molecule has 1 aromatic carbocycles. The minimum atomic E-state index is -0.171. The molecule has 0 saturated heterocycles. The lowest BCUT2D eigenvalue weighted by Gasteiger charge is -2.08. The first-order valence-electron chi connectivity index (χ1n) is 6.04. The molecule has 1 aromatic rings. The molecule has 0 bridgehead atoms. The van der Waals surface area contributed by atoms with Crippen molar-refractivity contribution in [3.63, 3.8) is 0 Å². The van der Waals surface area contributed by atoms with Crippen LogP contribution in [-0.4, -0.2) is 12.3 Å². The van der Waals surface area contributed by atoms with E-state index in [1.807, 2.05) is 0 Å². The highest BCUT2D eigenvalue weighted by Crippen LogP contribution is 2.28. The van der Waals surface area contributed by atoms with Gasteiger partial charge in [0, 0.05) is 12.0 Å². The van der Waals surface area contributed by atoms with Gasteiger partial charge < -0.3 is 4.74 Å². The number of carbonyl (C=O) groups is 2. The average molecular weight is 232 g/mol. The van der Waals surface area contributed by atoms with Crippen molar-refractivity contribution >= 4 is 12.3 Å². The Morgan fingerprint density at radius 2 is 1.88 bits per heavy atom. The van der Waals surface area contributed by atoms with Gasteiger partial charge in [-0.25, -0.2) is 0 Å². The first-order valence-corrected chi connectivity index (χ1v) is 6.04. The van der Waals surface area contributed by atoms with Crippen molar-refractivity contribution < 1.29 is 14.3 Å². The molecule has 0 amide bonds. The maximum absolute atomic E-state index is 11.6. The highest BCUT2D eigenvalue weighted by atomic mass is 16.5. The predicted octanol–water partition coefficient (Wildman–Crippen LogP) is 2.98. The molecule has 17 heavy (non-hydrogen) atoms. The summed E-state index contributed by atoms with van der Waals surface area (Å²) in [7, 11) is 0. The SMILES string of the molecule is O=Cc1ccc(OC(=O)CC2CCCC2)cc1. The maximum atomic E-state index is 11.6. The second-order valence-corrected chi connectivity index (χ2v) is 4.52. The number of esters is 1. The predicted molar refractivity (Wildman–Crippen MR) is 64.0 cm³/mol. The van der Waals surface area contributed by atoms with Crippen molar-refractivity contribution in [2.45, 2.75) is 32.1 Å². The molecule has 90 valence electrons. The Hall–Kier alpha value is -1.64. The Balaban J connectivity index is 1.86. The summed E-state index contributed by atoms with van der Waals surface area (Å²) in [6.45, 7) is 0. The molecule has 0 aromatic heterocycles. The van der Waals surface area contributed by atoms with Crippen LogP contribution in [-0.2, 0) is 4.79 Å². The van der Waals surface area contributed by atoms with Crippen molar-refractivity contribution in [1.82, 2.24) is 0 Å². The highest BCUT2D eigenvalue weighted by molar-refractivity contribution is 5.76. The van der Waals surface area contributed by atoms with Crippen LogP contribution in [0.1, 0.15) is 42.5 Å². The van der Waals surface area contributed by atoms with Crippen molar-refractivity contribution in [3.8, 4) is 5.75 Å². The molecule has 2 rings (SSSR count). The van der Waals surface area contributed by atoms with Gasteiger partial charge in [0.1, 0.15) is 12.0 Å². The maximum Gasteiger partial charge on any atom is 0.311 e. The van der Waals surface area contributed by atoms with E-state index in [2.05, 4.69) is 0 Å². The Morgan fingerprint density at radius 3 is 2.47 bits per heavy atom. The first-order chi connectivity index (χ1) is 8.28. The van der Waals surface area contributed by atoms with Crippen LogP contribution in [0.4, 0.5) is 0 Å². The molecular formula is C14H16O3. The Labute approximate surface area is 101 Å². The molecule has 1 fully saturated rings. The van der Waals surface area contributed by atoms with E-state index in [1.54, 1.807) is 24.3 Å². The summed E-state index contributed by atoms with van der Waals surface area (Å²) in [6, 6.07) is 6.59. The van der Waals surface area contributed by atoms with Gasteiger partial charge in [0.15, 0.2) is 0 Å². The van der Waals surface area contributed by atoms with E-state index in [4.69, 9.17) is 4.74 Å². The van der Waals surface area contributed by atoms with E-state index in [0.717, 1.165) is 19.1 Å².